The second kappa shape index (κ2) is 10.0. The molecule has 2 N–H and O–H groups in total. The number of nitrogens with zero attached hydrogens (tertiary/aromatic N) is 2. The van der Waals surface area contributed by atoms with Crippen molar-refractivity contribution in [2.24, 2.45) is 0 Å². The van der Waals surface area contributed by atoms with Crippen molar-refractivity contribution in [2.75, 3.05) is 40.3 Å². The van der Waals surface area contributed by atoms with Crippen molar-refractivity contribution in [3.05, 3.63) is 0 Å². The van der Waals surface area contributed by atoms with Gasteiger partial charge in [0.2, 0.25) is 11.8 Å². The summed E-state index contributed by atoms with van der Waals surface area (Å²) in [5.41, 5.74) is -1.76. The van der Waals surface area contributed by atoms with Gasteiger partial charge in [-0.1, -0.05) is 5.92 Å². The van der Waals surface area contributed by atoms with E-state index in [1.807, 2.05) is 0 Å². The Labute approximate surface area is 156 Å². The molecule has 0 unspecified atom stereocenters. The van der Waals surface area contributed by atoms with E-state index < -0.39 is 17.2 Å². The maximum absolute atomic E-state index is 12.3. The fourth-order valence-electron chi connectivity index (χ4n) is 1.85. The van der Waals surface area contributed by atoms with Gasteiger partial charge in [-0.15, -0.1) is 6.42 Å². The molecular weight excluding hydrogens is 336 g/mol. The standard InChI is InChI=1S/C18H32N4O4/c1-9-11-22(8)14(23)13-21(7)12-10-19-15(24)18(5,6)20-16(25)26-17(2,3)4/h1H,10-13H2,2-8H3,(H,19,24)(H,20,25). The number of hydrogen-bond donors (Lipinski definition) is 2. The average molecular weight is 368 g/mol. The van der Waals surface area contributed by atoms with Gasteiger partial charge in [0, 0.05) is 20.1 Å². The summed E-state index contributed by atoms with van der Waals surface area (Å²) in [5, 5.41) is 5.29. The molecule has 0 saturated carbocycles. The molecule has 148 valence electrons. The average Bonchev–Trinajstić information content (AvgIpc) is 2.44. The van der Waals surface area contributed by atoms with Crippen molar-refractivity contribution in [1.29, 1.82) is 0 Å². The Bertz CT molecular complexity index is 546. The summed E-state index contributed by atoms with van der Waals surface area (Å²) in [5.74, 6) is 1.98. The third-order valence-corrected chi connectivity index (χ3v) is 3.32. The maximum atomic E-state index is 12.3. The van der Waals surface area contributed by atoms with Crippen LogP contribution in [0, 0.1) is 12.3 Å². The van der Waals surface area contributed by atoms with E-state index in [0.717, 1.165) is 0 Å². The zero-order chi connectivity index (χ0) is 20.5. The molecule has 0 saturated heterocycles. The summed E-state index contributed by atoms with van der Waals surface area (Å²) in [4.78, 5) is 39.2. The molecule has 0 aromatic rings. The van der Waals surface area contributed by atoms with Crippen molar-refractivity contribution < 1.29 is 19.1 Å². The molecule has 0 aliphatic heterocycles. The van der Waals surface area contributed by atoms with Gasteiger partial charge in [0.25, 0.3) is 0 Å². The van der Waals surface area contributed by atoms with Gasteiger partial charge in [-0.25, -0.2) is 4.79 Å². The third-order valence-electron chi connectivity index (χ3n) is 3.32. The first-order valence-corrected chi connectivity index (χ1v) is 8.44. The quantitative estimate of drug-likeness (QED) is 0.606. The molecule has 0 spiro atoms. The van der Waals surface area contributed by atoms with Crippen LogP contribution in [0.2, 0.25) is 0 Å². The van der Waals surface area contributed by atoms with Crippen LogP contribution in [0.25, 0.3) is 0 Å². The number of nitrogens with one attached hydrogen (secondary N) is 2. The zero-order valence-electron chi connectivity index (χ0n) is 16.9. The van der Waals surface area contributed by atoms with E-state index >= 15 is 0 Å². The van der Waals surface area contributed by atoms with Gasteiger partial charge in [-0.2, -0.15) is 0 Å². The minimum absolute atomic E-state index is 0.0938. The lowest BCUT2D eigenvalue weighted by Crippen LogP contribution is -2.56. The second-order valence-corrected chi connectivity index (χ2v) is 7.70. The fourth-order valence-corrected chi connectivity index (χ4v) is 1.85. The van der Waals surface area contributed by atoms with Crippen molar-refractivity contribution in [2.45, 2.75) is 45.8 Å². The van der Waals surface area contributed by atoms with Crippen molar-refractivity contribution in [3.63, 3.8) is 0 Å². The molecule has 0 aromatic heterocycles. The number of amides is 3. The number of rotatable bonds is 8. The number of hydrogen-bond acceptors (Lipinski definition) is 5. The van der Waals surface area contributed by atoms with Gasteiger partial charge >= 0.3 is 6.09 Å². The second-order valence-electron chi connectivity index (χ2n) is 7.70. The summed E-state index contributed by atoms with van der Waals surface area (Å²) in [6.07, 6.45) is 4.52. The highest BCUT2D eigenvalue weighted by atomic mass is 16.6. The molecule has 3 amide bonds. The molecule has 0 radical (unpaired) electrons. The molecule has 0 fully saturated rings. The molecule has 8 nitrogen and oxygen atoms in total. The molecular formula is C18H32N4O4. The number of carbonyl (C=O) groups is 3. The molecule has 0 aliphatic carbocycles. The highest BCUT2D eigenvalue weighted by Gasteiger charge is 2.31. The number of terminal acetylenes is 1. The highest BCUT2D eigenvalue weighted by Crippen LogP contribution is 2.09. The monoisotopic (exact) mass is 368 g/mol. The summed E-state index contributed by atoms with van der Waals surface area (Å²) >= 11 is 0. The first kappa shape index (κ1) is 23.7. The van der Waals surface area contributed by atoms with Crippen LogP contribution in [-0.2, 0) is 14.3 Å². The van der Waals surface area contributed by atoms with Gasteiger partial charge < -0.3 is 20.3 Å². The van der Waals surface area contributed by atoms with E-state index in [4.69, 9.17) is 11.2 Å². The van der Waals surface area contributed by atoms with E-state index in [0.29, 0.717) is 13.1 Å². The Balaban J connectivity index is 4.33. The van der Waals surface area contributed by atoms with E-state index in [1.165, 1.54) is 4.90 Å². The SMILES string of the molecule is C#CCN(C)C(=O)CN(C)CCNC(=O)C(C)(C)NC(=O)OC(C)(C)C. The van der Waals surface area contributed by atoms with Crippen LogP contribution in [0.3, 0.4) is 0 Å². The van der Waals surface area contributed by atoms with Gasteiger partial charge in [-0.05, 0) is 41.7 Å². The van der Waals surface area contributed by atoms with E-state index in [1.54, 1.807) is 53.6 Å². The van der Waals surface area contributed by atoms with Gasteiger partial charge in [0.1, 0.15) is 11.1 Å². The summed E-state index contributed by atoms with van der Waals surface area (Å²) < 4.78 is 5.16. The zero-order valence-corrected chi connectivity index (χ0v) is 16.9. The van der Waals surface area contributed by atoms with Crippen LogP contribution < -0.4 is 10.6 Å². The summed E-state index contributed by atoms with van der Waals surface area (Å²) in [6.45, 7) is 9.70. The fraction of sp³-hybridized carbons (Fsp3) is 0.722. The number of ether oxygens (including phenoxy) is 1. The van der Waals surface area contributed by atoms with Crippen LogP contribution in [0.5, 0.6) is 0 Å². The van der Waals surface area contributed by atoms with Crippen molar-refractivity contribution in [3.8, 4) is 12.3 Å². The Kier molecular flexibility index (Phi) is 9.14. The smallest absolute Gasteiger partial charge is 0.408 e. The Morgan fingerprint density at radius 2 is 1.69 bits per heavy atom. The highest BCUT2D eigenvalue weighted by molar-refractivity contribution is 5.89. The topological polar surface area (TPSA) is 91.0 Å². The van der Waals surface area contributed by atoms with Crippen LogP contribution in [0.1, 0.15) is 34.6 Å². The predicted molar refractivity (Wildman–Crippen MR) is 100 cm³/mol. The molecule has 0 heterocycles. The number of alkyl carbamates (subject to hydrolysis) is 1. The van der Waals surface area contributed by atoms with Crippen molar-refractivity contribution >= 4 is 17.9 Å². The number of carbonyl (C=O) groups excluding carboxylic acids is 3. The first-order chi connectivity index (χ1) is 11.8. The predicted octanol–water partition coefficient (Wildman–Crippen LogP) is 0.429. The molecule has 8 heteroatoms. The van der Waals surface area contributed by atoms with Gasteiger partial charge in [0.15, 0.2) is 0 Å². The molecule has 0 aromatic carbocycles. The lowest BCUT2D eigenvalue weighted by molar-refractivity contribution is -0.130. The Morgan fingerprint density at radius 1 is 1.12 bits per heavy atom. The van der Waals surface area contributed by atoms with Crippen LogP contribution >= 0.6 is 0 Å². The number of likely N-dealkylation sites (N-methyl/N-ethyl adjacent to an activating group) is 2. The minimum atomic E-state index is -1.12. The van der Waals surface area contributed by atoms with E-state index in [9.17, 15) is 14.4 Å². The molecule has 26 heavy (non-hydrogen) atoms. The summed E-state index contributed by atoms with van der Waals surface area (Å²) in [7, 11) is 3.42. The van der Waals surface area contributed by atoms with Crippen molar-refractivity contribution in [1.82, 2.24) is 20.4 Å². The first-order valence-electron chi connectivity index (χ1n) is 8.44. The molecule has 0 aliphatic rings. The maximum Gasteiger partial charge on any atom is 0.408 e. The Morgan fingerprint density at radius 3 is 2.19 bits per heavy atom. The van der Waals surface area contributed by atoms with Crippen LogP contribution in [0.4, 0.5) is 4.79 Å². The van der Waals surface area contributed by atoms with Crippen LogP contribution in [0.15, 0.2) is 0 Å². The van der Waals surface area contributed by atoms with E-state index in [-0.39, 0.29) is 24.9 Å². The van der Waals surface area contributed by atoms with Crippen LogP contribution in [-0.4, -0.2) is 79.1 Å². The van der Waals surface area contributed by atoms with Gasteiger partial charge in [-0.3, -0.25) is 14.5 Å². The Hall–Kier alpha value is -2.27. The van der Waals surface area contributed by atoms with Gasteiger partial charge in [0.05, 0.1) is 13.1 Å². The molecule has 0 bridgehead atoms. The third kappa shape index (κ3) is 9.89. The lowest BCUT2D eigenvalue weighted by atomic mass is 10.1. The van der Waals surface area contributed by atoms with E-state index in [2.05, 4.69) is 16.6 Å². The normalized spacial score (nSPS) is 11.5. The lowest BCUT2D eigenvalue weighted by Gasteiger charge is -2.28. The summed E-state index contributed by atoms with van der Waals surface area (Å²) in [6, 6.07) is 0. The molecule has 0 atom stereocenters. The largest absolute Gasteiger partial charge is 0.444 e. The minimum Gasteiger partial charge on any atom is -0.444 e. The molecule has 0 rings (SSSR count).